The van der Waals surface area contributed by atoms with Crippen molar-refractivity contribution in [1.29, 1.82) is 0 Å². The van der Waals surface area contributed by atoms with Crippen LogP contribution in [0.25, 0.3) is 11.0 Å². The lowest BCUT2D eigenvalue weighted by Crippen LogP contribution is -2.08. The maximum Gasteiger partial charge on any atom is 0.178 e. The van der Waals surface area contributed by atoms with Crippen molar-refractivity contribution < 1.29 is 0 Å². The van der Waals surface area contributed by atoms with Crippen LogP contribution in [0.15, 0.2) is 29.0 Å². The van der Waals surface area contributed by atoms with Gasteiger partial charge in [0.05, 0.1) is 11.0 Å². The predicted octanol–water partition coefficient (Wildman–Crippen LogP) is 4.69. The highest BCUT2D eigenvalue weighted by Gasteiger charge is 2.19. The maximum absolute atomic E-state index is 4.60. The largest absolute Gasteiger partial charge is 0.315 e. The molecule has 0 N–H and O–H groups in total. The van der Waals surface area contributed by atoms with Gasteiger partial charge >= 0.3 is 0 Å². The number of para-hydroxylation sites is 2. The highest BCUT2D eigenvalue weighted by Crippen LogP contribution is 2.33. The van der Waals surface area contributed by atoms with Crippen LogP contribution >= 0.6 is 15.9 Å². The summed E-state index contributed by atoms with van der Waals surface area (Å²) in [5.41, 5.74) is 2.37. The summed E-state index contributed by atoms with van der Waals surface area (Å²) in [5, 5.41) is 0. The fourth-order valence-corrected chi connectivity index (χ4v) is 3.55. The standard InChI is InChI=1S/C14H17BrN2/c15-14-16-12-9-5-6-10-13(12)17(14)11-7-3-1-2-4-8-11/h5-6,9-11H,1-4,7-8H2. The fraction of sp³-hybridized carbons (Fsp3) is 0.500. The van der Waals surface area contributed by atoms with Gasteiger partial charge in [0.15, 0.2) is 4.73 Å². The third kappa shape index (κ3) is 2.13. The number of imidazole rings is 1. The van der Waals surface area contributed by atoms with Gasteiger partial charge in [-0.3, -0.25) is 0 Å². The Labute approximate surface area is 110 Å². The summed E-state index contributed by atoms with van der Waals surface area (Å²) in [6.07, 6.45) is 8.06. The Bertz CT molecular complexity index is 510. The van der Waals surface area contributed by atoms with Crippen molar-refractivity contribution in [1.82, 2.24) is 9.55 Å². The molecule has 1 aromatic carbocycles. The summed E-state index contributed by atoms with van der Waals surface area (Å²) in [5.74, 6) is 0. The molecule has 90 valence electrons. The van der Waals surface area contributed by atoms with Gasteiger partial charge in [0, 0.05) is 6.04 Å². The van der Waals surface area contributed by atoms with Crippen LogP contribution in [0.3, 0.4) is 0 Å². The predicted molar refractivity (Wildman–Crippen MR) is 74.2 cm³/mol. The van der Waals surface area contributed by atoms with Crippen molar-refractivity contribution in [3.8, 4) is 0 Å². The van der Waals surface area contributed by atoms with E-state index in [2.05, 4.69) is 49.7 Å². The Balaban J connectivity index is 2.05. The van der Waals surface area contributed by atoms with Crippen molar-refractivity contribution in [3.63, 3.8) is 0 Å². The number of nitrogens with zero attached hydrogens (tertiary/aromatic N) is 2. The second-order valence-corrected chi connectivity index (χ2v) is 5.59. The minimum absolute atomic E-state index is 0.624. The lowest BCUT2D eigenvalue weighted by molar-refractivity contribution is 0.447. The molecule has 0 atom stereocenters. The van der Waals surface area contributed by atoms with Crippen molar-refractivity contribution in [2.75, 3.05) is 0 Å². The zero-order chi connectivity index (χ0) is 11.7. The number of benzene rings is 1. The number of aromatic nitrogens is 2. The molecule has 0 saturated heterocycles. The molecule has 1 heterocycles. The van der Waals surface area contributed by atoms with Crippen molar-refractivity contribution in [2.45, 2.75) is 44.6 Å². The molecule has 2 aromatic rings. The zero-order valence-electron chi connectivity index (χ0n) is 9.90. The van der Waals surface area contributed by atoms with Gasteiger partial charge in [-0.1, -0.05) is 37.8 Å². The Morgan fingerprint density at radius 3 is 2.53 bits per heavy atom. The molecule has 1 aromatic heterocycles. The van der Waals surface area contributed by atoms with Crippen LogP contribution in [0.1, 0.15) is 44.6 Å². The Morgan fingerprint density at radius 1 is 1.06 bits per heavy atom. The van der Waals surface area contributed by atoms with Gasteiger partial charge in [0.1, 0.15) is 0 Å². The van der Waals surface area contributed by atoms with Gasteiger partial charge < -0.3 is 4.57 Å². The smallest absolute Gasteiger partial charge is 0.178 e. The summed E-state index contributed by atoms with van der Waals surface area (Å²) < 4.78 is 3.38. The monoisotopic (exact) mass is 292 g/mol. The number of hydrogen-bond acceptors (Lipinski definition) is 1. The molecule has 3 heteroatoms. The fourth-order valence-electron chi connectivity index (χ4n) is 2.88. The highest BCUT2D eigenvalue weighted by molar-refractivity contribution is 9.10. The van der Waals surface area contributed by atoms with Gasteiger partial charge in [-0.2, -0.15) is 0 Å². The van der Waals surface area contributed by atoms with Crippen LogP contribution in [0, 0.1) is 0 Å². The first-order chi connectivity index (χ1) is 8.36. The molecule has 0 amide bonds. The lowest BCUT2D eigenvalue weighted by atomic mass is 10.1. The molecule has 0 spiro atoms. The molecule has 0 unspecified atom stereocenters. The van der Waals surface area contributed by atoms with E-state index in [0.29, 0.717) is 6.04 Å². The van der Waals surface area contributed by atoms with Gasteiger partial charge in [0.2, 0.25) is 0 Å². The van der Waals surface area contributed by atoms with Crippen LogP contribution < -0.4 is 0 Å². The van der Waals surface area contributed by atoms with E-state index < -0.39 is 0 Å². The molecular weight excluding hydrogens is 276 g/mol. The summed E-state index contributed by atoms with van der Waals surface area (Å²) in [6, 6.07) is 9.05. The minimum atomic E-state index is 0.624. The maximum atomic E-state index is 4.60. The molecule has 2 nitrogen and oxygen atoms in total. The van der Waals surface area contributed by atoms with Gasteiger partial charge in [-0.25, -0.2) is 4.98 Å². The van der Waals surface area contributed by atoms with E-state index >= 15 is 0 Å². The number of fused-ring (bicyclic) bond motifs is 1. The Kier molecular flexibility index (Phi) is 3.19. The molecule has 1 aliphatic rings. The van der Waals surface area contributed by atoms with E-state index in [4.69, 9.17) is 0 Å². The molecule has 1 aliphatic carbocycles. The van der Waals surface area contributed by atoms with Crippen LogP contribution in [0.2, 0.25) is 0 Å². The molecule has 17 heavy (non-hydrogen) atoms. The van der Waals surface area contributed by atoms with E-state index in [-0.39, 0.29) is 0 Å². The third-order valence-corrected chi connectivity index (χ3v) is 4.30. The molecule has 0 radical (unpaired) electrons. The lowest BCUT2D eigenvalue weighted by Gasteiger charge is -2.18. The Morgan fingerprint density at radius 2 is 1.76 bits per heavy atom. The zero-order valence-corrected chi connectivity index (χ0v) is 11.5. The molecule has 3 rings (SSSR count). The first kappa shape index (κ1) is 11.3. The number of hydrogen-bond donors (Lipinski definition) is 0. The second-order valence-electron chi connectivity index (χ2n) is 4.88. The third-order valence-electron chi connectivity index (χ3n) is 3.74. The van der Waals surface area contributed by atoms with Crippen LogP contribution in [-0.4, -0.2) is 9.55 Å². The van der Waals surface area contributed by atoms with Gasteiger partial charge in [-0.15, -0.1) is 0 Å². The van der Waals surface area contributed by atoms with E-state index in [1.807, 2.05) is 0 Å². The molecule has 1 fully saturated rings. The quantitative estimate of drug-likeness (QED) is 0.697. The van der Waals surface area contributed by atoms with Crippen molar-refractivity contribution in [3.05, 3.63) is 29.0 Å². The summed E-state index contributed by atoms with van der Waals surface area (Å²) in [7, 11) is 0. The normalized spacial score (nSPS) is 18.4. The first-order valence-corrected chi connectivity index (χ1v) is 7.28. The van der Waals surface area contributed by atoms with E-state index in [9.17, 15) is 0 Å². The molecular formula is C14H17BrN2. The van der Waals surface area contributed by atoms with Crippen molar-refractivity contribution in [2.24, 2.45) is 0 Å². The highest BCUT2D eigenvalue weighted by atomic mass is 79.9. The molecule has 1 saturated carbocycles. The van der Waals surface area contributed by atoms with E-state index in [0.717, 1.165) is 10.3 Å². The average Bonchev–Trinajstić information content (AvgIpc) is 2.53. The van der Waals surface area contributed by atoms with Gasteiger partial charge in [0.25, 0.3) is 0 Å². The Hall–Kier alpha value is -0.830. The van der Waals surface area contributed by atoms with Gasteiger partial charge in [-0.05, 0) is 40.9 Å². The SMILES string of the molecule is Brc1nc2ccccc2n1C1CCCCCC1. The summed E-state index contributed by atoms with van der Waals surface area (Å²) in [6.45, 7) is 0. The second kappa shape index (κ2) is 4.81. The average molecular weight is 293 g/mol. The van der Waals surface area contributed by atoms with Crippen molar-refractivity contribution >= 4 is 27.0 Å². The van der Waals surface area contributed by atoms with Crippen LogP contribution in [-0.2, 0) is 0 Å². The van der Waals surface area contributed by atoms with E-state index in [1.54, 1.807) is 0 Å². The minimum Gasteiger partial charge on any atom is -0.315 e. The summed E-state index contributed by atoms with van der Waals surface area (Å²) >= 11 is 3.62. The van der Waals surface area contributed by atoms with E-state index in [1.165, 1.54) is 44.0 Å². The number of rotatable bonds is 1. The topological polar surface area (TPSA) is 17.8 Å². The van der Waals surface area contributed by atoms with Crippen LogP contribution in [0.5, 0.6) is 0 Å². The number of halogens is 1. The first-order valence-electron chi connectivity index (χ1n) is 6.49. The van der Waals surface area contributed by atoms with Crippen LogP contribution in [0.4, 0.5) is 0 Å². The molecule has 0 bridgehead atoms. The molecule has 0 aliphatic heterocycles. The summed E-state index contributed by atoms with van der Waals surface area (Å²) in [4.78, 5) is 4.60.